The van der Waals surface area contributed by atoms with Crippen molar-refractivity contribution in [1.82, 2.24) is 29.1 Å². The third kappa shape index (κ3) is 6.53. The maximum Gasteiger partial charge on any atom is 0.160 e. The van der Waals surface area contributed by atoms with Crippen LogP contribution in [-0.4, -0.2) is 29.1 Å². The van der Waals surface area contributed by atoms with E-state index in [4.69, 9.17) is 19.9 Å². The standard InChI is InChI=1S/C58H38N6/c1-5-17-39(18-6-1)45-37-48(40-19-7-2-8-20-40)55-49(38-45)54(41-29-33-46(34-30-41)63-52-27-15-13-25-50(52)59-57(63)43-21-9-3-10-22-43)61-56(62-55)42-31-35-47(36-32-42)64-53-28-16-14-26-51(53)60-58(64)44-23-11-4-12-24-44/h1-38H. The van der Waals surface area contributed by atoms with Gasteiger partial charge in [0.2, 0.25) is 0 Å². The van der Waals surface area contributed by atoms with Gasteiger partial charge < -0.3 is 0 Å². The number of benzene rings is 9. The molecule has 6 heteroatoms. The Labute approximate surface area is 370 Å². The second-order valence-corrected chi connectivity index (χ2v) is 15.9. The molecule has 0 aliphatic carbocycles. The molecular formula is C58H38N6. The maximum absolute atomic E-state index is 5.48. The number of nitrogens with zero attached hydrogens (tertiary/aromatic N) is 6. The highest BCUT2D eigenvalue weighted by Crippen LogP contribution is 2.40. The lowest BCUT2D eigenvalue weighted by molar-refractivity contribution is 1.10. The summed E-state index contributed by atoms with van der Waals surface area (Å²) in [5, 5.41) is 0.976. The topological polar surface area (TPSA) is 61.4 Å². The first kappa shape index (κ1) is 37.1. The molecule has 0 saturated heterocycles. The lowest BCUT2D eigenvalue weighted by atomic mass is 9.93. The summed E-state index contributed by atoms with van der Waals surface area (Å²) >= 11 is 0. The van der Waals surface area contributed by atoms with Crippen molar-refractivity contribution in [2.24, 2.45) is 0 Å². The molecule has 0 amide bonds. The number of rotatable bonds is 8. The maximum atomic E-state index is 5.48. The zero-order valence-corrected chi connectivity index (χ0v) is 34.6. The molecule has 0 unspecified atom stereocenters. The Morgan fingerprint density at radius 3 is 1.25 bits per heavy atom. The van der Waals surface area contributed by atoms with Crippen molar-refractivity contribution in [3.8, 4) is 79.0 Å². The molecule has 0 fully saturated rings. The van der Waals surface area contributed by atoms with Crippen molar-refractivity contribution in [1.29, 1.82) is 0 Å². The SMILES string of the molecule is c1ccc(-c2cc(-c3ccccc3)c3nc(-c4ccc(-n5c(-c6ccccc6)nc6ccccc65)cc4)nc(-c4ccc(-n5c(-c6ccccc6)nc6ccccc65)cc4)c3c2)cc1. The van der Waals surface area contributed by atoms with Gasteiger partial charge in [-0.15, -0.1) is 0 Å². The number of aromatic nitrogens is 6. The van der Waals surface area contributed by atoms with Crippen LogP contribution < -0.4 is 0 Å². The predicted octanol–water partition coefficient (Wildman–Crippen LogP) is 14.3. The minimum atomic E-state index is 0.647. The van der Waals surface area contributed by atoms with Crippen LogP contribution in [-0.2, 0) is 0 Å². The van der Waals surface area contributed by atoms with Crippen molar-refractivity contribution in [2.75, 3.05) is 0 Å². The lowest BCUT2D eigenvalue weighted by Gasteiger charge is -2.16. The molecule has 0 bridgehead atoms. The van der Waals surface area contributed by atoms with E-state index in [1.54, 1.807) is 0 Å². The summed E-state index contributed by atoms with van der Waals surface area (Å²) in [6.07, 6.45) is 0. The van der Waals surface area contributed by atoms with Gasteiger partial charge in [0, 0.05) is 44.6 Å². The molecule has 3 aromatic heterocycles. The van der Waals surface area contributed by atoms with Crippen LogP contribution in [0, 0.1) is 0 Å². The number of imidazole rings is 2. The first-order chi connectivity index (χ1) is 31.7. The molecule has 9 aromatic carbocycles. The molecule has 0 spiro atoms. The number of hydrogen-bond donors (Lipinski definition) is 0. The molecule has 0 aliphatic rings. The number of fused-ring (bicyclic) bond motifs is 3. The molecule has 0 N–H and O–H groups in total. The van der Waals surface area contributed by atoms with Crippen molar-refractivity contribution in [3.05, 3.63) is 231 Å². The van der Waals surface area contributed by atoms with Gasteiger partial charge in [-0.3, -0.25) is 9.13 Å². The van der Waals surface area contributed by atoms with Gasteiger partial charge in [-0.05, 0) is 89.5 Å². The van der Waals surface area contributed by atoms with Crippen LogP contribution in [0.1, 0.15) is 0 Å². The van der Waals surface area contributed by atoms with Gasteiger partial charge in [0.15, 0.2) is 5.82 Å². The molecule has 0 saturated carbocycles. The molecule has 0 atom stereocenters. The first-order valence-electron chi connectivity index (χ1n) is 21.5. The normalized spacial score (nSPS) is 11.4. The second kappa shape index (κ2) is 15.6. The fourth-order valence-corrected chi connectivity index (χ4v) is 8.88. The molecule has 12 rings (SSSR count). The fourth-order valence-electron chi connectivity index (χ4n) is 8.88. The van der Waals surface area contributed by atoms with E-state index in [0.29, 0.717) is 5.82 Å². The van der Waals surface area contributed by atoms with E-state index in [-0.39, 0.29) is 0 Å². The zero-order valence-electron chi connectivity index (χ0n) is 34.6. The quantitative estimate of drug-likeness (QED) is 0.153. The first-order valence-corrected chi connectivity index (χ1v) is 21.5. The van der Waals surface area contributed by atoms with Crippen LogP contribution in [0.2, 0.25) is 0 Å². The van der Waals surface area contributed by atoms with Gasteiger partial charge in [-0.25, -0.2) is 19.9 Å². The zero-order chi connectivity index (χ0) is 42.4. The predicted molar refractivity (Wildman–Crippen MR) is 261 cm³/mol. The molecule has 300 valence electrons. The van der Waals surface area contributed by atoms with Crippen LogP contribution in [0.15, 0.2) is 231 Å². The van der Waals surface area contributed by atoms with Gasteiger partial charge in [0.05, 0.1) is 33.3 Å². The van der Waals surface area contributed by atoms with Gasteiger partial charge in [0.1, 0.15) is 11.6 Å². The average Bonchev–Trinajstić information content (AvgIpc) is 3.97. The Hall–Kier alpha value is -8.74. The van der Waals surface area contributed by atoms with E-state index in [9.17, 15) is 0 Å². The van der Waals surface area contributed by atoms with E-state index >= 15 is 0 Å². The molecule has 0 radical (unpaired) electrons. The smallest absolute Gasteiger partial charge is 0.160 e. The van der Waals surface area contributed by atoms with Crippen molar-refractivity contribution < 1.29 is 0 Å². The minimum Gasteiger partial charge on any atom is -0.292 e. The largest absolute Gasteiger partial charge is 0.292 e. The minimum absolute atomic E-state index is 0.647. The summed E-state index contributed by atoms with van der Waals surface area (Å²) in [4.78, 5) is 21.1. The van der Waals surface area contributed by atoms with E-state index < -0.39 is 0 Å². The van der Waals surface area contributed by atoms with Crippen LogP contribution in [0.3, 0.4) is 0 Å². The Morgan fingerprint density at radius 1 is 0.297 bits per heavy atom. The summed E-state index contributed by atoms with van der Waals surface area (Å²) in [6, 6.07) is 80.2. The summed E-state index contributed by atoms with van der Waals surface area (Å²) in [5.74, 6) is 2.43. The second-order valence-electron chi connectivity index (χ2n) is 15.9. The summed E-state index contributed by atoms with van der Waals surface area (Å²) in [5.41, 5.74) is 16.1. The Balaban J connectivity index is 1.05. The number of para-hydroxylation sites is 4. The summed E-state index contributed by atoms with van der Waals surface area (Å²) in [6.45, 7) is 0. The molecule has 64 heavy (non-hydrogen) atoms. The highest BCUT2D eigenvalue weighted by atomic mass is 15.1. The Bertz CT molecular complexity index is 3620. The monoisotopic (exact) mass is 818 g/mol. The van der Waals surface area contributed by atoms with Gasteiger partial charge in [-0.1, -0.05) is 158 Å². The van der Waals surface area contributed by atoms with E-state index in [2.05, 4.69) is 215 Å². The van der Waals surface area contributed by atoms with Crippen LogP contribution in [0.25, 0.3) is 112 Å². The third-order valence-corrected chi connectivity index (χ3v) is 12.0. The summed E-state index contributed by atoms with van der Waals surface area (Å²) < 4.78 is 4.47. The fraction of sp³-hybridized carbons (Fsp3) is 0. The third-order valence-electron chi connectivity index (χ3n) is 12.0. The highest BCUT2D eigenvalue weighted by molar-refractivity contribution is 6.04. The van der Waals surface area contributed by atoms with Crippen molar-refractivity contribution in [2.45, 2.75) is 0 Å². The molecule has 12 aromatic rings. The van der Waals surface area contributed by atoms with Gasteiger partial charge in [0.25, 0.3) is 0 Å². The van der Waals surface area contributed by atoms with E-state index in [1.165, 1.54) is 0 Å². The Kier molecular flexibility index (Phi) is 9.05. The molecule has 3 heterocycles. The van der Waals surface area contributed by atoms with E-state index in [1.807, 2.05) is 24.3 Å². The number of hydrogen-bond acceptors (Lipinski definition) is 4. The van der Waals surface area contributed by atoms with Crippen LogP contribution in [0.4, 0.5) is 0 Å². The van der Waals surface area contributed by atoms with E-state index in [0.717, 1.165) is 106 Å². The molecule has 6 nitrogen and oxygen atoms in total. The molecular weight excluding hydrogens is 781 g/mol. The van der Waals surface area contributed by atoms with Crippen molar-refractivity contribution in [3.63, 3.8) is 0 Å². The average molecular weight is 819 g/mol. The van der Waals surface area contributed by atoms with Gasteiger partial charge in [-0.2, -0.15) is 0 Å². The van der Waals surface area contributed by atoms with Crippen LogP contribution in [0.5, 0.6) is 0 Å². The lowest BCUT2D eigenvalue weighted by Crippen LogP contribution is -2.00. The summed E-state index contributed by atoms with van der Waals surface area (Å²) in [7, 11) is 0. The van der Waals surface area contributed by atoms with Crippen molar-refractivity contribution >= 4 is 33.0 Å². The van der Waals surface area contributed by atoms with Crippen LogP contribution >= 0.6 is 0 Å². The highest BCUT2D eigenvalue weighted by Gasteiger charge is 2.20. The Morgan fingerprint density at radius 2 is 0.734 bits per heavy atom. The molecule has 0 aliphatic heterocycles. The van der Waals surface area contributed by atoms with Gasteiger partial charge >= 0.3 is 0 Å².